The molecule has 0 fully saturated rings. The number of rotatable bonds is 3. The number of hydrogen-bond acceptors (Lipinski definition) is 4. The van der Waals surface area contributed by atoms with Crippen LogP contribution in [-0.2, 0) is 0 Å². The number of aromatic nitrogens is 1. The first-order valence-electron chi connectivity index (χ1n) is 5.40. The standard InChI is InChI=1S/C13H15N3O/c14-10-6-7-12(11(15)8-17)16-13(10)9-4-2-1-3-5-9/h1-7,11,17H,8,14-15H2. The number of nitrogens with two attached hydrogens (primary N) is 2. The SMILES string of the molecule is Nc1ccc(C(N)CO)nc1-c1ccccc1. The van der Waals surface area contributed by atoms with Gasteiger partial charge in [-0.1, -0.05) is 30.3 Å². The van der Waals surface area contributed by atoms with E-state index in [4.69, 9.17) is 16.6 Å². The van der Waals surface area contributed by atoms with Crippen molar-refractivity contribution in [1.29, 1.82) is 0 Å². The van der Waals surface area contributed by atoms with E-state index in [0.29, 0.717) is 17.1 Å². The average Bonchev–Trinajstić information content (AvgIpc) is 2.39. The fourth-order valence-electron chi connectivity index (χ4n) is 1.61. The van der Waals surface area contributed by atoms with Gasteiger partial charge in [0.1, 0.15) is 0 Å². The minimum Gasteiger partial charge on any atom is -0.397 e. The van der Waals surface area contributed by atoms with Crippen LogP contribution in [0.3, 0.4) is 0 Å². The quantitative estimate of drug-likeness (QED) is 0.741. The Morgan fingerprint density at radius 3 is 2.47 bits per heavy atom. The number of benzene rings is 1. The van der Waals surface area contributed by atoms with Crippen molar-refractivity contribution >= 4 is 5.69 Å². The molecule has 1 aromatic heterocycles. The molecule has 5 N–H and O–H groups in total. The van der Waals surface area contributed by atoms with E-state index in [1.807, 2.05) is 30.3 Å². The Morgan fingerprint density at radius 2 is 1.82 bits per heavy atom. The highest BCUT2D eigenvalue weighted by Gasteiger charge is 2.10. The summed E-state index contributed by atoms with van der Waals surface area (Å²) in [6.07, 6.45) is 0. The van der Waals surface area contributed by atoms with Crippen LogP contribution in [0.2, 0.25) is 0 Å². The van der Waals surface area contributed by atoms with E-state index in [-0.39, 0.29) is 6.61 Å². The Labute approximate surface area is 99.9 Å². The molecule has 0 radical (unpaired) electrons. The van der Waals surface area contributed by atoms with Gasteiger partial charge in [-0.2, -0.15) is 0 Å². The third-order valence-corrected chi connectivity index (χ3v) is 2.57. The van der Waals surface area contributed by atoms with Crippen LogP contribution < -0.4 is 11.5 Å². The number of anilines is 1. The topological polar surface area (TPSA) is 85.2 Å². The fraction of sp³-hybridized carbons (Fsp3) is 0.154. The van der Waals surface area contributed by atoms with Crippen molar-refractivity contribution in [3.8, 4) is 11.3 Å². The molecule has 0 aliphatic rings. The summed E-state index contributed by atoms with van der Waals surface area (Å²) in [6.45, 7) is -0.134. The summed E-state index contributed by atoms with van der Waals surface area (Å²) >= 11 is 0. The van der Waals surface area contributed by atoms with Gasteiger partial charge in [0.05, 0.1) is 29.7 Å². The van der Waals surface area contributed by atoms with Gasteiger partial charge in [0.15, 0.2) is 0 Å². The van der Waals surface area contributed by atoms with Gasteiger partial charge in [-0.15, -0.1) is 0 Å². The zero-order valence-electron chi connectivity index (χ0n) is 9.38. The summed E-state index contributed by atoms with van der Waals surface area (Å²) in [7, 11) is 0. The molecule has 1 unspecified atom stereocenters. The zero-order chi connectivity index (χ0) is 12.3. The molecule has 0 saturated heterocycles. The van der Waals surface area contributed by atoms with Crippen LogP contribution in [0.4, 0.5) is 5.69 Å². The smallest absolute Gasteiger partial charge is 0.0935 e. The molecule has 0 spiro atoms. The van der Waals surface area contributed by atoms with Crippen molar-refractivity contribution in [1.82, 2.24) is 4.98 Å². The van der Waals surface area contributed by atoms with Crippen LogP contribution >= 0.6 is 0 Å². The lowest BCUT2D eigenvalue weighted by molar-refractivity contribution is 0.266. The first kappa shape index (κ1) is 11.6. The van der Waals surface area contributed by atoms with Crippen molar-refractivity contribution < 1.29 is 5.11 Å². The summed E-state index contributed by atoms with van der Waals surface area (Å²) in [5.74, 6) is 0. The predicted octanol–water partition coefficient (Wildman–Crippen LogP) is 1.32. The van der Waals surface area contributed by atoms with E-state index in [0.717, 1.165) is 5.56 Å². The van der Waals surface area contributed by atoms with Crippen molar-refractivity contribution in [2.45, 2.75) is 6.04 Å². The predicted molar refractivity (Wildman–Crippen MR) is 68.1 cm³/mol. The van der Waals surface area contributed by atoms with Crippen molar-refractivity contribution in [2.24, 2.45) is 5.73 Å². The van der Waals surface area contributed by atoms with Crippen LogP contribution in [-0.4, -0.2) is 16.7 Å². The van der Waals surface area contributed by atoms with Crippen molar-refractivity contribution in [3.05, 3.63) is 48.2 Å². The largest absolute Gasteiger partial charge is 0.397 e. The van der Waals surface area contributed by atoms with Crippen LogP contribution in [0.25, 0.3) is 11.3 Å². The Hall–Kier alpha value is -1.91. The van der Waals surface area contributed by atoms with E-state index in [1.54, 1.807) is 12.1 Å². The van der Waals surface area contributed by atoms with Crippen molar-refractivity contribution in [3.63, 3.8) is 0 Å². The summed E-state index contributed by atoms with van der Waals surface area (Å²) in [5, 5.41) is 9.02. The molecule has 1 atom stereocenters. The monoisotopic (exact) mass is 229 g/mol. The number of hydrogen-bond donors (Lipinski definition) is 3. The highest BCUT2D eigenvalue weighted by atomic mass is 16.3. The normalized spacial score (nSPS) is 12.4. The lowest BCUT2D eigenvalue weighted by Crippen LogP contribution is -2.16. The number of pyridine rings is 1. The summed E-state index contributed by atoms with van der Waals surface area (Å²) < 4.78 is 0. The van der Waals surface area contributed by atoms with Crippen LogP contribution in [0.1, 0.15) is 11.7 Å². The summed E-state index contributed by atoms with van der Waals surface area (Å²) in [5.41, 5.74) is 14.5. The Kier molecular flexibility index (Phi) is 3.37. The van der Waals surface area contributed by atoms with Crippen LogP contribution in [0.5, 0.6) is 0 Å². The van der Waals surface area contributed by atoms with Gasteiger partial charge >= 0.3 is 0 Å². The van der Waals surface area contributed by atoms with E-state index < -0.39 is 6.04 Å². The second kappa shape index (κ2) is 4.95. The van der Waals surface area contributed by atoms with Gasteiger partial charge in [0.2, 0.25) is 0 Å². The molecule has 0 saturated carbocycles. The highest BCUT2D eigenvalue weighted by Crippen LogP contribution is 2.24. The van der Waals surface area contributed by atoms with Gasteiger partial charge in [-0.05, 0) is 12.1 Å². The van der Waals surface area contributed by atoms with Gasteiger partial charge in [0.25, 0.3) is 0 Å². The molecule has 17 heavy (non-hydrogen) atoms. The van der Waals surface area contributed by atoms with Gasteiger partial charge in [-0.25, -0.2) is 4.98 Å². The van der Waals surface area contributed by atoms with E-state index in [2.05, 4.69) is 4.98 Å². The lowest BCUT2D eigenvalue weighted by atomic mass is 10.1. The number of nitrogens with zero attached hydrogens (tertiary/aromatic N) is 1. The summed E-state index contributed by atoms with van der Waals surface area (Å²) in [4.78, 5) is 4.40. The molecule has 88 valence electrons. The van der Waals surface area contributed by atoms with E-state index in [1.165, 1.54) is 0 Å². The minimum absolute atomic E-state index is 0.134. The van der Waals surface area contributed by atoms with Crippen LogP contribution in [0.15, 0.2) is 42.5 Å². The number of aliphatic hydroxyl groups excluding tert-OH is 1. The van der Waals surface area contributed by atoms with Gasteiger partial charge in [0, 0.05) is 5.56 Å². The fourth-order valence-corrected chi connectivity index (χ4v) is 1.61. The van der Waals surface area contributed by atoms with E-state index in [9.17, 15) is 0 Å². The lowest BCUT2D eigenvalue weighted by Gasteiger charge is -2.11. The summed E-state index contributed by atoms with van der Waals surface area (Å²) in [6, 6.07) is 12.7. The minimum atomic E-state index is -0.474. The molecule has 0 bridgehead atoms. The number of nitrogen functional groups attached to an aromatic ring is 1. The molecule has 0 amide bonds. The molecule has 2 rings (SSSR count). The second-order valence-electron chi connectivity index (χ2n) is 3.83. The zero-order valence-corrected chi connectivity index (χ0v) is 9.38. The van der Waals surface area contributed by atoms with Crippen molar-refractivity contribution in [2.75, 3.05) is 12.3 Å². The maximum absolute atomic E-state index is 9.02. The Balaban J connectivity index is 2.47. The average molecular weight is 229 g/mol. The molecule has 0 aliphatic carbocycles. The molecule has 1 aromatic carbocycles. The molecule has 1 heterocycles. The Morgan fingerprint density at radius 1 is 1.12 bits per heavy atom. The second-order valence-corrected chi connectivity index (χ2v) is 3.83. The first-order valence-corrected chi connectivity index (χ1v) is 5.40. The highest BCUT2D eigenvalue weighted by molar-refractivity contribution is 5.72. The van der Waals surface area contributed by atoms with Gasteiger partial charge in [-0.3, -0.25) is 0 Å². The first-order chi connectivity index (χ1) is 8.22. The molecule has 4 heteroatoms. The maximum Gasteiger partial charge on any atom is 0.0935 e. The molecular weight excluding hydrogens is 214 g/mol. The maximum atomic E-state index is 9.02. The van der Waals surface area contributed by atoms with Gasteiger partial charge < -0.3 is 16.6 Å². The number of aliphatic hydroxyl groups is 1. The molecule has 0 aliphatic heterocycles. The Bertz CT molecular complexity index is 499. The molecule has 2 aromatic rings. The molecule has 4 nitrogen and oxygen atoms in total. The third kappa shape index (κ3) is 2.43. The molecular formula is C13H15N3O. The van der Waals surface area contributed by atoms with E-state index >= 15 is 0 Å². The van der Waals surface area contributed by atoms with Crippen LogP contribution in [0, 0.1) is 0 Å². The third-order valence-electron chi connectivity index (χ3n) is 2.57.